The normalized spacial score (nSPS) is 6.88. The Morgan fingerprint density at radius 2 is 1.75 bits per heavy atom. The van der Waals surface area contributed by atoms with Crippen LogP contribution in [0, 0.1) is 0 Å². The zero-order chi connectivity index (χ0) is 6.83. The van der Waals surface area contributed by atoms with Gasteiger partial charge in [0.15, 0.2) is 0 Å². The first kappa shape index (κ1) is 11.5. The van der Waals surface area contributed by atoms with Gasteiger partial charge in [-0.15, -0.1) is 0 Å². The van der Waals surface area contributed by atoms with Crippen LogP contribution in [0.3, 0.4) is 0 Å². The summed E-state index contributed by atoms with van der Waals surface area (Å²) in [4.78, 5) is 6.99. The molecular weight excluding hydrogens is 176 g/mol. The van der Waals surface area contributed by atoms with E-state index in [0.29, 0.717) is 0 Å². The van der Waals surface area contributed by atoms with Crippen molar-refractivity contribution in [1.29, 1.82) is 0 Å². The summed E-state index contributed by atoms with van der Waals surface area (Å²) in [5, 5.41) is 3.06. The molecule has 0 amide bonds. The fourth-order valence-electron chi connectivity index (χ4n) is 0.354. The average Bonchev–Trinajstić information content (AvgIpc) is 1.71. The first-order valence-corrected chi connectivity index (χ1v) is 7.76. The Hall–Kier alpha value is 0.683. The van der Waals surface area contributed by atoms with Gasteiger partial charge in [-0.25, -0.2) is 4.57 Å². The second-order valence-electron chi connectivity index (χ2n) is 1.44. The van der Waals surface area contributed by atoms with E-state index in [4.69, 9.17) is 9.46 Å². The molecule has 0 heterocycles. The molecule has 0 spiro atoms. The van der Waals surface area contributed by atoms with E-state index in [0.717, 1.165) is 0 Å². The van der Waals surface area contributed by atoms with Crippen molar-refractivity contribution in [3.8, 4) is 0 Å². The van der Waals surface area contributed by atoms with E-state index in [9.17, 15) is 0 Å². The predicted molar refractivity (Wildman–Crippen MR) is 30.8 cm³/mol. The van der Waals surface area contributed by atoms with Crippen molar-refractivity contribution < 1.29 is 26.6 Å². The van der Waals surface area contributed by atoms with Crippen molar-refractivity contribution in [2.75, 3.05) is 0 Å². The van der Waals surface area contributed by atoms with Gasteiger partial charge in [0.1, 0.15) is 0 Å². The molecule has 8 heavy (non-hydrogen) atoms. The first-order chi connectivity index (χ1) is 3.83. The predicted octanol–water partition coefficient (Wildman–Crippen LogP) is 2.13. The third-order valence-electron chi connectivity index (χ3n) is 0.707. The summed E-state index contributed by atoms with van der Waals surface area (Å²) in [5.74, 6) is 0. The maximum atomic E-state index is 8.46. The fraction of sp³-hybridized carbons (Fsp3) is 1.00. The third-order valence-corrected chi connectivity index (χ3v) is 3.67. The molecule has 0 aliphatic heterocycles. The largest absolute Gasteiger partial charge is 0.324 e. The summed E-state index contributed by atoms with van der Waals surface area (Å²) in [6.07, 6.45) is 0. The Morgan fingerprint density at radius 3 is 1.75 bits per heavy atom. The zero-order valence-electron chi connectivity index (χ0n) is 5.42. The monoisotopic (exact) mass is 186 g/mol. The van der Waals surface area contributed by atoms with E-state index < -0.39 is 8.69 Å². The fourth-order valence-corrected chi connectivity index (χ4v) is 1.84. The summed E-state index contributed by atoms with van der Waals surface area (Å²) in [5.41, 5.74) is 0. The Balaban J connectivity index is 0. The van der Waals surface area contributed by atoms with Gasteiger partial charge >= 0.3 is 49.7 Å². The molecule has 0 atom stereocenters. The van der Waals surface area contributed by atoms with Crippen LogP contribution in [0.15, 0.2) is 0 Å². The Kier molecular flexibility index (Phi) is 22.4. The molecule has 0 aliphatic rings. The van der Waals surface area contributed by atoms with Gasteiger partial charge in [-0.05, 0) is 0 Å². The minimum atomic E-state index is -0.833. The van der Waals surface area contributed by atoms with Crippen LogP contribution in [0.4, 0.5) is 0 Å². The van der Waals surface area contributed by atoms with Gasteiger partial charge in [0.25, 0.3) is 0 Å². The van der Waals surface area contributed by atoms with Crippen LogP contribution in [0.25, 0.3) is 0 Å². The van der Waals surface area contributed by atoms with Gasteiger partial charge in [0.05, 0.1) is 0 Å². The standard InChI is InChI=1S/2C2H5.HO2P.Zn/c2*1-2;1-3-2;/h2*1H2,2H3;(H,1,2);. The van der Waals surface area contributed by atoms with Crippen molar-refractivity contribution in [3.63, 3.8) is 0 Å². The van der Waals surface area contributed by atoms with E-state index in [1.807, 2.05) is 0 Å². The zero-order valence-corrected chi connectivity index (χ0v) is 9.29. The molecule has 0 fully saturated rings. The summed E-state index contributed by atoms with van der Waals surface area (Å²) < 4.78 is 8.46. The summed E-state index contributed by atoms with van der Waals surface area (Å²) in [7, 11) is -0.833. The molecule has 0 aromatic heterocycles. The summed E-state index contributed by atoms with van der Waals surface area (Å²) >= 11 is 0.0972. The maximum Gasteiger partial charge on any atom is 0.324 e. The summed E-state index contributed by atoms with van der Waals surface area (Å²) in [6, 6.07) is 0. The molecule has 0 rings (SSSR count). The smallest absolute Gasteiger partial charge is 0.310 e. The molecule has 4 heteroatoms. The van der Waals surface area contributed by atoms with E-state index in [-0.39, 0.29) is 17.1 Å². The van der Waals surface area contributed by atoms with E-state index in [1.165, 1.54) is 10.0 Å². The van der Waals surface area contributed by atoms with Crippen LogP contribution >= 0.6 is 8.69 Å². The van der Waals surface area contributed by atoms with E-state index >= 15 is 0 Å². The molecule has 2 nitrogen and oxygen atoms in total. The van der Waals surface area contributed by atoms with Crippen molar-refractivity contribution in [1.82, 2.24) is 0 Å². The van der Waals surface area contributed by atoms with Gasteiger partial charge in [0.2, 0.25) is 0 Å². The van der Waals surface area contributed by atoms with Gasteiger partial charge < -0.3 is 4.89 Å². The van der Waals surface area contributed by atoms with Gasteiger partial charge in [-0.1, -0.05) is 0 Å². The van der Waals surface area contributed by atoms with Crippen LogP contribution in [0.2, 0.25) is 10.0 Å². The number of hydrogen-bond acceptors (Lipinski definition) is 1. The molecule has 0 saturated carbocycles. The van der Waals surface area contributed by atoms with E-state index in [2.05, 4.69) is 13.8 Å². The molecule has 0 saturated heterocycles. The van der Waals surface area contributed by atoms with Gasteiger partial charge in [0, 0.05) is 0 Å². The molecule has 0 unspecified atom stereocenters. The van der Waals surface area contributed by atoms with Crippen molar-refractivity contribution >= 4 is 8.69 Å². The van der Waals surface area contributed by atoms with Gasteiger partial charge in [-0.3, -0.25) is 0 Å². The molecule has 1 N–H and O–H groups in total. The minimum absolute atomic E-state index is 0.0972. The van der Waals surface area contributed by atoms with Crippen molar-refractivity contribution in [3.05, 3.63) is 0 Å². The number of rotatable bonds is 2. The SMILES string of the molecule is C[CH2][Zn][CH2]C.O=PO. The van der Waals surface area contributed by atoms with Crippen LogP contribution < -0.4 is 0 Å². The molecule has 0 aromatic carbocycles. The molecular formula is C4H11O2PZn. The average molecular weight is 187 g/mol. The molecule has 46 valence electrons. The second-order valence-corrected chi connectivity index (χ2v) is 7.28. The molecule has 0 aromatic rings. The molecule has 0 aliphatic carbocycles. The van der Waals surface area contributed by atoms with E-state index in [1.54, 1.807) is 0 Å². The maximum absolute atomic E-state index is 8.46. The Bertz CT molecular complexity index is 41.0. The quantitative estimate of drug-likeness (QED) is 0.531. The first-order valence-electron chi connectivity index (χ1n) is 2.80. The van der Waals surface area contributed by atoms with Crippen molar-refractivity contribution in [2.45, 2.75) is 23.9 Å². The molecule has 0 radical (unpaired) electrons. The third kappa shape index (κ3) is 30.0. The molecule has 0 bridgehead atoms. The Labute approximate surface area is 59.6 Å². The van der Waals surface area contributed by atoms with Crippen LogP contribution in [-0.4, -0.2) is 4.89 Å². The number of hydrogen-bond donors (Lipinski definition) is 1. The second kappa shape index (κ2) is 15.6. The van der Waals surface area contributed by atoms with Crippen LogP contribution in [0.1, 0.15) is 13.8 Å². The summed E-state index contributed by atoms with van der Waals surface area (Å²) in [6.45, 7) is 4.59. The minimum Gasteiger partial charge on any atom is -0.310 e. The van der Waals surface area contributed by atoms with Crippen LogP contribution in [0.5, 0.6) is 0 Å². The van der Waals surface area contributed by atoms with Crippen LogP contribution in [-0.2, 0) is 21.7 Å². The topological polar surface area (TPSA) is 37.3 Å². The van der Waals surface area contributed by atoms with Crippen molar-refractivity contribution in [2.24, 2.45) is 0 Å². The van der Waals surface area contributed by atoms with Gasteiger partial charge in [-0.2, -0.15) is 0 Å². The Morgan fingerprint density at radius 1 is 1.50 bits per heavy atom.